The van der Waals surface area contributed by atoms with Gasteiger partial charge >= 0.3 is 0 Å². The lowest BCUT2D eigenvalue weighted by Gasteiger charge is -2.31. The molecule has 20 heavy (non-hydrogen) atoms. The van der Waals surface area contributed by atoms with Crippen molar-refractivity contribution in [2.45, 2.75) is 57.5 Å². The third-order valence-electron chi connectivity index (χ3n) is 4.38. The average Bonchev–Trinajstić information content (AvgIpc) is 2.75. The van der Waals surface area contributed by atoms with E-state index in [0.717, 1.165) is 45.1 Å². The van der Waals surface area contributed by atoms with Gasteiger partial charge in [-0.25, -0.2) is 8.42 Å². The molecule has 0 radical (unpaired) electrons. The van der Waals surface area contributed by atoms with Crippen LogP contribution in [0.2, 0.25) is 0 Å². The molecule has 2 fully saturated rings. The largest absolute Gasteiger partial charge is 0.378 e. The number of halogens is 1. The van der Waals surface area contributed by atoms with E-state index < -0.39 is 9.05 Å². The van der Waals surface area contributed by atoms with Crippen molar-refractivity contribution in [2.24, 2.45) is 5.41 Å². The van der Waals surface area contributed by atoms with E-state index in [1.165, 1.54) is 12.8 Å². The zero-order valence-electron chi connectivity index (χ0n) is 12.0. The molecule has 1 aliphatic heterocycles. The van der Waals surface area contributed by atoms with E-state index in [1.807, 2.05) is 0 Å². The van der Waals surface area contributed by atoms with Gasteiger partial charge in [-0.3, -0.25) is 0 Å². The van der Waals surface area contributed by atoms with Gasteiger partial charge in [0.15, 0.2) is 0 Å². The third-order valence-corrected chi connectivity index (χ3v) is 5.66. The summed E-state index contributed by atoms with van der Waals surface area (Å²) in [4.78, 5) is 0. The Labute approximate surface area is 126 Å². The quantitative estimate of drug-likeness (QED) is 0.556. The maximum atomic E-state index is 11.5. The van der Waals surface area contributed by atoms with Gasteiger partial charge in [0.1, 0.15) is 0 Å². The first-order valence-corrected chi connectivity index (χ1v) is 10.1. The van der Waals surface area contributed by atoms with Crippen LogP contribution in [0.1, 0.15) is 51.4 Å². The summed E-state index contributed by atoms with van der Waals surface area (Å²) in [6, 6.07) is 0. The van der Waals surface area contributed by atoms with Crippen LogP contribution in [0.3, 0.4) is 0 Å². The van der Waals surface area contributed by atoms with Crippen LogP contribution < -0.4 is 0 Å². The monoisotopic (exact) mass is 324 g/mol. The van der Waals surface area contributed by atoms with Crippen LogP contribution in [-0.2, 0) is 18.5 Å². The zero-order valence-corrected chi connectivity index (χ0v) is 13.6. The number of hydrogen-bond donors (Lipinski definition) is 0. The lowest BCUT2D eigenvalue weighted by Crippen LogP contribution is -2.34. The van der Waals surface area contributed by atoms with Gasteiger partial charge in [-0.1, -0.05) is 25.7 Å². The van der Waals surface area contributed by atoms with Gasteiger partial charge in [0.25, 0.3) is 0 Å². The molecular weight excluding hydrogens is 300 g/mol. The van der Waals surface area contributed by atoms with Gasteiger partial charge < -0.3 is 9.47 Å². The summed E-state index contributed by atoms with van der Waals surface area (Å²) in [6.45, 7) is 1.87. The fourth-order valence-electron chi connectivity index (χ4n) is 3.36. The Morgan fingerprint density at radius 2 is 1.85 bits per heavy atom. The third kappa shape index (κ3) is 5.51. The fourth-order valence-corrected chi connectivity index (χ4v) is 5.16. The van der Waals surface area contributed by atoms with Crippen molar-refractivity contribution in [1.82, 2.24) is 0 Å². The van der Waals surface area contributed by atoms with E-state index in [2.05, 4.69) is 0 Å². The SMILES string of the molecule is O=S(=O)(Cl)CC1(COCC2CCCO2)CCCCCC1. The highest BCUT2D eigenvalue weighted by Crippen LogP contribution is 2.37. The molecule has 0 N–H and O–H groups in total. The van der Waals surface area contributed by atoms with Gasteiger partial charge in [0, 0.05) is 22.7 Å². The minimum Gasteiger partial charge on any atom is -0.378 e. The second-order valence-corrected chi connectivity index (χ2v) is 9.02. The van der Waals surface area contributed by atoms with Gasteiger partial charge in [0.2, 0.25) is 9.05 Å². The van der Waals surface area contributed by atoms with Crippen molar-refractivity contribution >= 4 is 19.7 Å². The van der Waals surface area contributed by atoms with Crippen LogP contribution in [0, 0.1) is 5.41 Å². The van der Waals surface area contributed by atoms with Crippen molar-refractivity contribution < 1.29 is 17.9 Å². The van der Waals surface area contributed by atoms with Crippen molar-refractivity contribution in [3.05, 3.63) is 0 Å². The molecule has 1 atom stereocenters. The first-order valence-electron chi connectivity index (χ1n) is 7.61. The van der Waals surface area contributed by atoms with Crippen molar-refractivity contribution in [1.29, 1.82) is 0 Å². The summed E-state index contributed by atoms with van der Waals surface area (Å²) in [5.74, 6) is 0.0348. The molecule has 1 saturated heterocycles. The lowest BCUT2D eigenvalue weighted by atomic mass is 9.83. The average molecular weight is 325 g/mol. The van der Waals surface area contributed by atoms with Crippen LogP contribution >= 0.6 is 10.7 Å². The molecule has 2 aliphatic rings. The summed E-state index contributed by atoms with van der Waals surface area (Å²) in [6.07, 6.45) is 8.59. The van der Waals surface area contributed by atoms with Crippen LogP contribution in [-0.4, -0.2) is 40.1 Å². The van der Waals surface area contributed by atoms with E-state index in [9.17, 15) is 8.42 Å². The maximum absolute atomic E-state index is 11.5. The number of rotatable bonds is 6. The Morgan fingerprint density at radius 3 is 2.40 bits per heavy atom. The zero-order chi connectivity index (χ0) is 14.5. The molecule has 0 spiro atoms. The lowest BCUT2D eigenvalue weighted by molar-refractivity contribution is -0.0165. The Hall–Kier alpha value is 0.160. The molecule has 1 saturated carbocycles. The summed E-state index contributed by atoms with van der Waals surface area (Å²) < 4.78 is 34.4. The maximum Gasteiger partial charge on any atom is 0.233 e. The number of ether oxygens (including phenoxy) is 2. The summed E-state index contributed by atoms with van der Waals surface area (Å²) in [5, 5.41) is 0. The first-order chi connectivity index (χ1) is 9.49. The Bertz CT molecular complexity index is 382. The van der Waals surface area contributed by atoms with Crippen molar-refractivity contribution in [3.63, 3.8) is 0 Å². The summed E-state index contributed by atoms with van der Waals surface area (Å²) in [7, 11) is 2.02. The van der Waals surface area contributed by atoms with Gasteiger partial charge in [0.05, 0.1) is 25.1 Å². The Morgan fingerprint density at radius 1 is 1.15 bits per heavy atom. The van der Waals surface area contributed by atoms with E-state index in [0.29, 0.717) is 13.2 Å². The number of hydrogen-bond acceptors (Lipinski definition) is 4. The first kappa shape index (κ1) is 16.5. The molecule has 0 amide bonds. The summed E-state index contributed by atoms with van der Waals surface area (Å²) in [5.41, 5.74) is -0.296. The van der Waals surface area contributed by atoms with E-state index in [-0.39, 0.29) is 17.3 Å². The van der Waals surface area contributed by atoms with Crippen LogP contribution in [0.25, 0.3) is 0 Å². The normalized spacial score (nSPS) is 27.4. The minimum absolute atomic E-state index is 0.0348. The van der Waals surface area contributed by atoms with Crippen LogP contribution in [0.15, 0.2) is 0 Å². The molecule has 0 aromatic heterocycles. The highest BCUT2D eigenvalue weighted by molar-refractivity contribution is 8.13. The smallest absolute Gasteiger partial charge is 0.233 e. The van der Waals surface area contributed by atoms with E-state index in [1.54, 1.807) is 0 Å². The standard InChI is InChI=1S/C14H25ClO4S/c15-20(16,17)12-14(7-3-1-2-4-8-14)11-18-10-13-6-5-9-19-13/h13H,1-12H2. The molecule has 6 heteroatoms. The molecule has 1 aliphatic carbocycles. The van der Waals surface area contributed by atoms with Gasteiger partial charge in [-0.05, 0) is 25.7 Å². The van der Waals surface area contributed by atoms with Crippen LogP contribution in [0.5, 0.6) is 0 Å². The van der Waals surface area contributed by atoms with Crippen LogP contribution in [0.4, 0.5) is 0 Å². The molecular formula is C14H25ClO4S. The predicted octanol–water partition coefficient (Wildman–Crippen LogP) is 3.09. The second kappa shape index (κ2) is 7.43. The van der Waals surface area contributed by atoms with Crippen molar-refractivity contribution in [3.8, 4) is 0 Å². The molecule has 1 unspecified atom stereocenters. The molecule has 1 heterocycles. The highest BCUT2D eigenvalue weighted by Gasteiger charge is 2.36. The van der Waals surface area contributed by atoms with Gasteiger partial charge in [-0.2, -0.15) is 0 Å². The molecule has 0 aromatic rings. The fraction of sp³-hybridized carbons (Fsp3) is 1.00. The molecule has 0 aromatic carbocycles. The molecule has 2 rings (SSSR count). The Kier molecular flexibility index (Phi) is 6.14. The van der Waals surface area contributed by atoms with Gasteiger partial charge in [-0.15, -0.1) is 0 Å². The van der Waals surface area contributed by atoms with Crippen molar-refractivity contribution in [2.75, 3.05) is 25.6 Å². The molecule has 4 nitrogen and oxygen atoms in total. The molecule has 118 valence electrons. The van der Waals surface area contributed by atoms with E-state index in [4.69, 9.17) is 20.2 Å². The summed E-state index contributed by atoms with van der Waals surface area (Å²) >= 11 is 0. The topological polar surface area (TPSA) is 52.6 Å². The minimum atomic E-state index is -3.49. The Balaban J connectivity index is 1.90. The van der Waals surface area contributed by atoms with E-state index >= 15 is 0 Å². The second-order valence-electron chi connectivity index (χ2n) is 6.25. The molecule has 0 bridgehead atoms. The highest BCUT2D eigenvalue weighted by atomic mass is 35.7. The predicted molar refractivity (Wildman–Crippen MR) is 79.6 cm³/mol.